The molecule has 1 fully saturated rings. The van der Waals surface area contributed by atoms with Crippen LogP contribution >= 0.6 is 0 Å². The van der Waals surface area contributed by atoms with E-state index in [-0.39, 0.29) is 11.8 Å². The average molecular weight is 304 g/mol. The molecule has 1 aliphatic rings. The van der Waals surface area contributed by atoms with E-state index in [2.05, 4.69) is 10.6 Å². The van der Waals surface area contributed by atoms with E-state index in [9.17, 15) is 9.59 Å². The zero-order chi connectivity index (χ0) is 15.6. The zero-order valence-electron chi connectivity index (χ0n) is 12.8. The fourth-order valence-corrected chi connectivity index (χ4v) is 2.49. The van der Waals surface area contributed by atoms with Crippen LogP contribution in [0.3, 0.4) is 0 Å². The summed E-state index contributed by atoms with van der Waals surface area (Å²) in [4.78, 5) is 23.4. The second kappa shape index (κ2) is 9.20. The van der Waals surface area contributed by atoms with Crippen molar-refractivity contribution in [3.63, 3.8) is 0 Å². The highest BCUT2D eigenvalue weighted by molar-refractivity contribution is 5.80. The van der Waals surface area contributed by atoms with Crippen molar-refractivity contribution in [2.24, 2.45) is 0 Å². The first-order valence-corrected chi connectivity index (χ1v) is 7.93. The Labute approximate surface area is 131 Å². The smallest absolute Gasteiger partial charge is 0.224 e. The van der Waals surface area contributed by atoms with Crippen LogP contribution in [0.5, 0.6) is 0 Å². The summed E-state index contributed by atoms with van der Waals surface area (Å²) in [6.07, 6.45) is 4.03. The third-order valence-corrected chi connectivity index (χ3v) is 3.69. The van der Waals surface area contributed by atoms with Crippen LogP contribution in [0.4, 0.5) is 0 Å². The Bertz CT molecular complexity index is 470. The van der Waals surface area contributed by atoms with Crippen LogP contribution in [0.2, 0.25) is 0 Å². The molecule has 1 heterocycles. The molecule has 1 aromatic rings. The van der Waals surface area contributed by atoms with Crippen LogP contribution in [0.25, 0.3) is 0 Å². The van der Waals surface area contributed by atoms with Crippen LogP contribution in [-0.4, -0.2) is 37.6 Å². The Morgan fingerprint density at radius 1 is 1.09 bits per heavy atom. The van der Waals surface area contributed by atoms with Gasteiger partial charge in [0.05, 0.1) is 12.5 Å². The molecule has 1 aliphatic heterocycles. The molecule has 2 N–H and O–H groups in total. The largest absolute Gasteiger partial charge is 0.378 e. The van der Waals surface area contributed by atoms with Crippen molar-refractivity contribution in [1.82, 2.24) is 10.6 Å². The van der Waals surface area contributed by atoms with E-state index in [1.54, 1.807) is 0 Å². The molecule has 0 radical (unpaired) electrons. The molecule has 5 nitrogen and oxygen atoms in total. The van der Waals surface area contributed by atoms with E-state index in [4.69, 9.17) is 4.74 Å². The standard InChI is InChI=1S/C17H24N2O3/c20-16(18-10-8-15-7-4-12-22-15)9-11-19-17(21)13-14-5-2-1-3-6-14/h1-3,5-6,15H,4,7-13H2,(H,18,20)(H,19,21)/t15-/m0/s1. The van der Waals surface area contributed by atoms with Crippen molar-refractivity contribution >= 4 is 11.8 Å². The van der Waals surface area contributed by atoms with E-state index >= 15 is 0 Å². The molecule has 0 unspecified atom stereocenters. The topological polar surface area (TPSA) is 67.4 Å². The molecule has 0 spiro atoms. The van der Waals surface area contributed by atoms with Gasteiger partial charge in [-0.25, -0.2) is 0 Å². The predicted octanol–water partition coefficient (Wildman–Crippen LogP) is 1.42. The van der Waals surface area contributed by atoms with Gasteiger partial charge in [-0.2, -0.15) is 0 Å². The summed E-state index contributed by atoms with van der Waals surface area (Å²) >= 11 is 0. The molecule has 5 heteroatoms. The Morgan fingerprint density at radius 2 is 1.86 bits per heavy atom. The van der Waals surface area contributed by atoms with Crippen LogP contribution in [0.15, 0.2) is 30.3 Å². The third kappa shape index (κ3) is 6.26. The Balaban J connectivity index is 1.51. The second-order valence-electron chi connectivity index (χ2n) is 5.54. The summed E-state index contributed by atoms with van der Waals surface area (Å²) in [5, 5.41) is 5.63. The predicted molar refractivity (Wildman–Crippen MR) is 84.4 cm³/mol. The Kier molecular flexibility index (Phi) is 6.90. The van der Waals surface area contributed by atoms with Gasteiger partial charge >= 0.3 is 0 Å². The number of rotatable bonds is 8. The normalized spacial score (nSPS) is 17.2. The molecule has 1 atom stereocenters. The summed E-state index contributed by atoms with van der Waals surface area (Å²) in [5.74, 6) is -0.0867. The molecule has 22 heavy (non-hydrogen) atoms. The number of hydrogen-bond donors (Lipinski definition) is 2. The average Bonchev–Trinajstić information content (AvgIpc) is 3.01. The van der Waals surface area contributed by atoms with Gasteiger partial charge in [0, 0.05) is 26.1 Å². The molecule has 0 aromatic heterocycles. The number of hydrogen-bond acceptors (Lipinski definition) is 3. The van der Waals surface area contributed by atoms with Gasteiger partial charge in [0.2, 0.25) is 11.8 Å². The quantitative estimate of drug-likeness (QED) is 0.763. The number of amides is 2. The molecule has 1 aromatic carbocycles. The Hall–Kier alpha value is -1.88. The van der Waals surface area contributed by atoms with Gasteiger partial charge in [0.15, 0.2) is 0 Å². The number of nitrogens with one attached hydrogen (secondary N) is 2. The number of ether oxygens (including phenoxy) is 1. The summed E-state index contributed by atoms with van der Waals surface area (Å²) in [6.45, 7) is 1.85. The van der Waals surface area contributed by atoms with Gasteiger partial charge in [0.25, 0.3) is 0 Å². The fourth-order valence-electron chi connectivity index (χ4n) is 2.49. The van der Waals surface area contributed by atoms with E-state index in [0.29, 0.717) is 32.0 Å². The lowest BCUT2D eigenvalue weighted by molar-refractivity contribution is -0.122. The number of carbonyl (C=O) groups is 2. The molecule has 0 bridgehead atoms. The highest BCUT2D eigenvalue weighted by Gasteiger charge is 2.15. The summed E-state index contributed by atoms with van der Waals surface area (Å²) in [7, 11) is 0. The van der Waals surface area contributed by atoms with Gasteiger partial charge in [-0.05, 0) is 24.8 Å². The monoisotopic (exact) mass is 304 g/mol. The van der Waals surface area contributed by atoms with Crippen molar-refractivity contribution in [1.29, 1.82) is 0 Å². The third-order valence-electron chi connectivity index (χ3n) is 3.69. The lowest BCUT2D eigenvalue weighted by atomic mass is 10.1. The van der Waals surface area contributed by atoms with Gasteiger partial charge in [-0.3, -0.25) is 9.59 Å². The summed E-state index contributed by atoms with van der Waals surface area (Å²) in [6, 6.07) is 9.56. The maximum Gasteiger partial charge on any atom is 0.224 e. The van der Waals surface area contributed by atoms with E-state index in [1.807, 2.05) is 30.3 Å². The van der Waals surface area contributed by atoms with Crippen molar-refractivity contribution in [2.75, 3.05) is 19.7 Å². The maximum absolute atomic E-state index is 11.7. The maximum atomic E-state index is 11.7. The minimum Gasteiger partial charge on any atom is -0.378 e. The van der Waals surface area contributed by atoms with Crippen LogP contribution < -0.4 is 10.6 Å². The summed E-state index contributed by atoms with van der Waals surface area (Å²) in [5.41, 5.74) is 0.973. The SMILES string of the molecule is O=C(CCNC(=O)Cc1ccccc1)NCC[C@@H]1CCCO1. The fraction of sp³-hybridized carbons (Fsp3) is 0.529. The van der Waals surface area contributed by atoms with Gasteiger partial charge in [-0.1, -0.05) is 30.3 Å². The van der Waals surface area contributed by atoms with Crippen molar-refractivity contribution < 1.29 is 14.3 Å². The number of carbonyl (C=O) groups excluding carboxylic acids is 2. The lowest BCUT2D eigenvalue weighted by Gasteiger charge is -2.10. The first-order chi connectivity index (χ1) is 10.7. The van der Waals surface area contributed by atoms with Gasteiger partial charge < -0.3 is 15.4 Å². The minimum absolute atomic E-state index is 0.0296. The van der Waals surface area contributed by atoms with Crippen LogP contribution in [-0.2, 0) is 20.7 Å². The Morgan fingerprint density at radius 3 is 2.59 bits per heavy atom. The van der Waals surface area contributed by atoms with Crippen LogP contribution in [0.1, 0.15) is 31.2 Å². The molecule has 0 saturated carbocycles. The number of benzene rings is 1. The van der Waals surface area contributed by atoms with Gasteiger partial charge in [-0.15, -0.1) is 0 Å². The lowest BCUT2D eigenvalue weighted by Crippen LogP contribution is -2.32. The minimum atomic E-state index is -0.0571. The molecular weight excluding hydrogens is 280 g/mol. The highest BCUT2D eigenvalue weighted by Crippen LogP contribution is 2.14. The summed E-state index contributed by atoms with van der Waals surface area (Å²) < 4.78 is 5.50. The molecule has 1 saturated heterocycles. The van der Waals surface area contributed by atoms with E-state index in [0.717, 1.165) is 31.4 Å². The molecule has 0 aliphatic carbocycles. The molecule has 2 amide bonds. The van der Waals surface area contributed by atoms with E-state index in [1.165, 1.54) is 0 Å². The van der Waals surface area contributed by atoms with Crippen LogP contribution in [0, 0.1) is 0 Å². The molecule has 120 valence electrons. The molecule has 2 rings (SSSR count). The zero-order valence-corrected chi connectivity index (χ0v) is 12.8. The highest BCUT2D eigenvalue weighted by atomic mass is 16.5. The van der Waals surface area contributed by atoms with Crippen molar-refractivity contribution in [3.05, 3.63) is 35.9 Å². The first-order valence-electron chi connectivity index (χ1n) is 7.93. The van der Waals surface area contributed by atoms with Crippen molar-refractivity contribution in [2.45, 2.75) is 38.2 Å². The van der Waals surface area contributed by atoms with Gasteiger partial charge in [0.1, 0.15) is 0 Å². The van der Waals surface area contributed by atoms with Crippen molar-refractivity contribution in [3.8, 4) is 0 Å². The molecular formula is C17H24N2O3. The van der Waals surface area contributed by atoms with E-state index < -0.39 is 0 Å². The second-order valence-corrected chi connectivity index (χ2v) is 5.54. The first kappa shape index (κ1) is 16.5.